The molecule has 0 radical (unpaired) electrons. The summed E-state index contributed by atoms with van der Waals surface area (Å²) in [7, 11) is 1.62. The molecule has 0 spiro atoms. The van der Waals surface area contributed by atoms with Crippen molar-refractivity contribution in [2.75, 3.05) is 13.7 Å². The summed E-state index contributed by atoms with van der Waals surface area (Å²) in [6.07, 6.45) is 1.75. The first-order chi connectivity index (χ1) is 16.1. The van der Waals surface area contributed by atoms with Gasteiger partial charge in [-0.15, -0.1) is 10.2 Å². The Bertz CT molecular complexity index is 1390. The number of methoxy groups -OCH3 is 1. The van der Waals surface area contributed by atoms with Crippen molar-refractivity contribution >= 4 is 17.5 Å². The summed E-state index contributed by atoms with van der Waals surface area (Å²) in [4.78, 5) is 9.40. The maximum Gasteiger partial charge on any atom is 0.238 e. The molecule has 0 saturated carbocycles. The summed E-state index contributed by atoms with van der Waals surface area (Å²) in [6, 6.07) is 11.7. The van der Waals surface area contributed by atoms with Gasteiger partial charge < -0.3 is 14.0 Å². The van der Waals surface area contributed by atoms with Gasteiger partial charge in [-0.1, -0.05) is 23.7 Å². The van der Waals surface area contributed by atoms with Gasteiger partial charge in [0.2, 0.25) is 5.90 Å². The van der Waals surface area contributed by atoms with Crippen molar-refractivity contribution in [3.05, 3.63) is 82.4 Å². The molecule has 0 unspecified atom stereocenters. The zero-order valence-electron chi connectivity index (χ0n) is 17.6. The first kappa shape index (κ1) is 20.1. The minimum absolute atomic E-state index is 0.218. The summed E-state index contributed by atoms with van der Waals surface area (Å²) in [6.45, 7) is 1.13. The number of hydrogen-bond donors (Lipinski definition) is 0. The fourth-order valence-corrected chi connectivity index (χ4v) is 4.43. The fourth-order valence-electron chi connectivity index (χ4n) is 4.25. The Morgan fingerprint density at radius 2 is 2.03 bits per heavy atom. The molecule has 0 bridgehead atoms. The lowest BCUT2D eigenvalue weighted by Crippen LogP contribution is -2.13. The van der Waals surface area contributed by atoms with Gasteiger partial charge in [0.25, 0.3) is 0 Å². The standard InChI is InChI=1S/C23H18ClFN6O2/c1-32-11-20-28-29-22-16-8-14(24)4-7-18(16)31-12-26-21(19(31)9-30(20)22)23-27-17(10-33-23)13-2-5-15(25)6-3-13/h2-8,12,17H,9-11H2,1H3/t17-/m1/s1. The van der Waals surface area contributed by atoms with E-state index in [1.54, 1.807) is 25.6 Å². The maximum absolute atomic E-state index is 13.3. The molecule has 4 aromatic rings. The van der Waals surface area contributed by atoms with Gasteiger partial charge in [-0.25, -0.2) is 14.4 Å². The van der Waals surface area contributed by atoms with Crippen LogP contribution in [0.25, 0.3) is 17.1 Å². The molecule has 0 aliphatic carbocycles. The van der Waals surface area contributed by atoms with Crippen LogP contribution >= 0.6 is 11.6 Å². The first-order valence-electron chi connectivity index (χ1n) is 10.4. The van der Waals surface area contributed by atoms with E-state index in [4.69, 9.17) is 26.1 Å². The number of halogens is 2. The molecule has 2 aliphatic heterocycles. The third kappa shape index (κ3) is 3.32. The fraction of sp³-hybridized carbons (Fsp3) is 0.217. The van der Waals surface area contributed by atoms with Crippen molar-refractivity contribution in [3.8, 4) is 17.1 Å². The monoisotopic (exact) mass is 464 g/mol. The predicted molar refractivity (Wildman–Crippen MR) is 119 cm³/mol. The quantitative estimate of drug-likeness (QED) is 0.402. The van der Waals surface area contributed by atoms with E-state index in [1.165, 1.54) is 12.1 Å². The molecular weight excluding hydrogens is 447 g/mol. The smallest absolute Gasteiger partial charge is 0.238 e. The van der Waals surface area contributed by atoms with Gasteiger partial charge >= 0.3 is 0 Å². The number of hydrogen-bond acceptors (Lipinski definition) is 6. The van der Waals surface area contributed by atoms with E-state index >= 15 is 0 Å². The van der Waals surface area contributed by atoms with Crippen molar-refractivity contribution < 1.29 is 13.9 Å². The van der Waals surface area contributed by atoms with Crippen LogP contribution in [0.4, 0.5) is 4.39 Å². The highest BCUT2D eigenvalue weighted by molar-refractivity contribution is 6.31. The summed E-state index contributed by atoms with van der Waals surface area (Å²) in [5, 5.41) is 9.34. The molecule has 6 rings (SSSR count). The minimum Gasteiger partial charge on any atom is -0.474 e. The third-order valence-corrected chi connectivity index (χ3v) is 6.08. The van der Waals surface area contributed by atoms with Crippen LogP contribution < -0.4 is 0 Å². The largest absolute Gasteiger partial charge is 0.474 e. The van der Waals surface area contributed by atoms with Crippen molar-refractivity contribution in [3.63, 3.8) is 0 Å². The highest BCUT2D eigenvalue weighted by Crippen LogP contribution is 2.35. The lowest BCUT2D eigenvalue weighted by Gasteiger charge is -2.09. The Labute approximate surface area is 193 Å². The molecule has 10 heteroatoms. The molecular formula is C23H18ClFN6O2. The Morgan fingerprint density at radius 1 is 1.18 bits per heavy atom. The molecule has 166 valence electrons. The lowest BCUT2D eigenvalue weighted by molar-refractivity contribution is 0.174. The molecule has 0 amide bonds. The number of aromatic nitrogens is 5. The Hall–Kier alpha value is -3.56. The van der Waals surface area contributed by atoms with Crippen LogP contribution in [0.1, 0.15) is 28.8 Å². The first-order valence-corrected chi connectivity index (χ1v) is 10.7. The number of nitrogens with zero attached hydrogens (tertiary/aromatic N) is 6. The van der Waals surface area contributed by atoms with Crippen molar-refractivity contribution in [1.82, 2.24) is 24.3 Å². The average Bonchev–Trinajstić information content (AvgIpc) is 3.53. The SMILES string of the molecule is COCc1nnc2n1Cc1c(C3=N[C@@H](c4ccc(F)cc4)CO3)ncn1-c1ccc(Cl)cc1-2. The summed E-state index contributed by atoms with van der Waals surface area (Å²) in [5.41, 5.74) is 4.15. The topological polar surface area (TPSA) is 79.3 Å². The summed E-state index contributed by atoms with van der Waals surface area (Å²) >= 11 is 6.31. The molecule has 33 heavy (non-hydrogen) atoms. The van der Waals surface area contributed by atoms with Gasteiger partial charge in [0.1, 0.15) is 37.1 Å². The number of imidazole rings is 1. The second-order valence-electron chi connectivity index (χ2n) is 7.84. The normalized spacial score (nSPS) is 16.5. The van der Waals surface area contributed by atoms with E-state index < -0.39 is 0 Å². The van der Waals surface area contributed by atoms with E-state index in [9.17, 15) is 4.39 Å². The van der Waals surface area contributed by atoms with Crippen molar-refractivity contribution in [2.45, 2.75) is 19.2 Å². The maximum atomic E-state index is 13.3. The van der Waals surface area contributed by atoms with Gasteiger partial charge in [-0.2, -0.15) is 0 Å². The van der Waals surface area contributed by atoms with Gasteiger partial charge in [0, 0.05) is 17.7 Å². The molecule has 0 N–H and O–H groups in total. The zero-order chi connectivity index (χ0) is 22.5. The van der Waals surface area contributed by atoms with E-state index in [-0.39, 0.29) is 11.9 Å². The predicted octanol–water partition coefficient (Wildman–Crippen LogP) is 3.95. The molecule has 8 nitrogen and oxygen atoms in total. The zero-order valence-corrected chi connectivity index (χ0v) is 18.3. The number of ether oxygens (including phenoxy) is 2. The molecule has 1 atom stereocenters. The highest BCUT2D eigenvalue weighted by atomic mass is 35.5. The van der Waals surface area contributed by atoms with Crippen molar-refractivity contribution in [1.29, 1.82) is 0 Å². The third-order valence-electron chi connectivity index (χ3n) is 5.84. The van der Waals surface area contributed by atoms with E-state index in [2.05, 4.69) is 15.2 Å². The minimum atomic E-state index is -0.281. The van der Waals surface area contributed by atoms with Gasteiger partial charge in [-0.3, -0.25) is 4.57 Å². The van der Waals surface area contributed by atoms with Crippen molar-refractivity contribution in [2.24, 2.45) is 4.99 Å². The van der Waals surface area contributed by atoms with Crippen LogP contribution in [-0.2, 0) is 22.6 Å². The molecule has 0 fully saturated rings. The summed E-state index contributed by atoms with van der Waals surface area (Å²) < 4.78 is 28.6. The number of rotatable bonds is 4. The Balaban J connectivity index is 1.47. The average molecular weight is 465 g/mol. The number of aliphatic imine (C=N–C) groups is 1. The highest BCUT2D eigenvalue weighted by Gasteiger charge is 2.30. The number of fused-ring (bicyclic) bond motifs is 5. The lowest BCUT2D eigenvalue weighted by atomic mass is 10.1. The van der Waals surface area contributed by atoms with Crippen LogP contribution in [0.3, 0.4) is 0 Å². The van der Waals surface area contributed by atoms with Gasteiger partial charge in [0.15, 0.2) is 11.6 Å². The van der Waals surface area contributed by atoms with Crippen LogP contribution in [0.15, 0.2) is 53.8 Å². The Morgan fingerprint density at radius 3 is 2.85 bits per heavy atom. The second kappa shape index (κ2) is 7.79. The van der Waals surface area contributed by atoms with Crippen LogP contribution in [0.5, 0.6) is 0 Å². The Kier molecular flexibility index (Phi) is 4.74. The van der Waals surface area contributed by atoms with Crippen LogP contribution in [-0.4, -0.2) is 43.9 Å². The van der Waals surface area contributed by atoms with Crippen LogP contribution in [0, 0.1) is 5.82 Å². The molecule has 2 aromatic heterocycles. The van der Waals surface area contributed by atoms with E-state index in [0.29, 0.717) is 48.0 Å². The van der Waals surface area contributed by atoms with E-state index in [0.717, 1.165) is 22.5 Å². The second-order valence-corrected chi connectivity index (χ2v) is 8.28. The summed E-state index contributed by atoms with van der Waals surface area (Å²) in [5.74, 6) is 1.57. The molecule has 2 aliphatic rings. The van der Waals surface area contributed by atoms with Gasteiger partial charge in [-0.05, 0) is 35.9 Å². The van der Waals surface area contributed by atoms with Crippen LogP contribution in [0.2, 0.25) is 5.02 Å². The molecule has 4 heterocycles. The van der Waals surface area contributed by atoms with Gasteiger partial charge in [0.05, 0.1) is 17.9 Å². The number of benzene rings is 2. The van der Waals surface area contributed by atoms with E-state index in [1.807, 2.05) is 27.3 Å². The molecule has 2 aromatic carbocycles. The molecule has 0 saturated heterocycles.